The van der Waals surface area contributed by atoms with E-state index in [4.69, 9.17) is 5.26 Å². The summed E-state index contributed by atoms with van der Waals surface area (Å²) in [4.78, 5) is 11.3. The van der Waals surface area contributed by atoms with Gasteiger partial charge in [0.1, 0.15) is 0 Å². The molecule has 4 heteroatoms. The molecule has 0 aliphatic heterocycles. The van der Waals surface area contributed by atoms with Gasteiger partial charge in [0.2, 0.25) is 0 Å². The average molecular weight is 266 g/mol. The summed E-state index contributed by atoms with van der Waals surface area (Å²) in [5.41, 5.74) is 3.18. The lowest BCUT2D eigenvalue weighted by Crippen LogP contribution is -2.03. The Kier molecular flexibility index (Phi) is 4.35. The van der Waals surface area contributed by atoms with Gasteiger partial charge in [0.05, 0.1) is 24.3 Å². The molecule has 0 fully saturated rings. The number of ether oxygens (including phenoxy) is 1. The fourth-order valence-corrected chi connectivity index (χ4v) is 1.74. The number of methoxy groups -OCH3 is 1. The van der Waals surface area contributed by atoms with E-state index in [-0.39, 0.29) is 5.97 Å². The number of nitriles is 1. The lowest BCUT2D eigenvalue weighted by atomic mass is 10.1. The van der Waals surface area contributed by atoms with Crippen LogP contribution in [-0.4, -0.2) is 13.1 Å². The average Bonchev–Trinajstić information content (AvgIpc) is 2.53. The minimum atomic E-state index is -0.336. The zero-order valence-electron chi connectivity index (χ0n) is 11.1. The topological polar surface area (TPSA) is 62.1 Å². The van der Waals surface area contributed by atoms with Gasteiger partial charge in [0, 0.05) is 12.2 Å². The third kappa shape index (κ3) is 3.36. The van der Waals surface area contributed by atoms with Crippen molar-refractivity contribution in [2.24, 2.45) is 0 Å². The van der Waals surface area contributed by atoms with Crippen molar-refractivity contribution in [2.75, 3.05) is 12.4 Å². The Bertz CT molecular complexity index is 625. The third-order valence-corrected chi connectivity index (χ3v) is 2.89. The maximum Gasteiger partial charge on any atom is 0.337 e. The summed E-state index contributed by atoms with van der Waals surface area (Å²) in [5.74, 6) is -0.336. The number of benzene rings is 2. The number of anilines is 1. The van der Waals surface area contributed by atoms with Crippen molar-refractivity contribution in [1.82, 2.24) is 0 Å². The van der Waals surface area contributed by atoms with Crippen LogP contribution in [0, 0.1) is 11.3 Å². The monoisotopic (exact) mass is 266 g/mol. The minimum absolute atomic E-state index is 0.336. The van der Waals surface area contributed by atoms with E-state index < -0.39 is 0 Å². The predicted molar refractivity (Wildman–Crippen MR) is 76.3 cm³/mol. The molecule has 0 heterocycles. The van der Waals surface area contributed by atoms with Gasteiger partial charge in [0.25, 0.3) is 0 Å². The molecule has 0 saturated carbocycles. The molecular weight excluding hydrogens is 252 g/mol. The largest absolute Gasteiger partial charge is 0.465 e. The molecule has 0 aromatic heterocycles. The fourth-order valence-electron chi connectivity index (χ4n) is 1.74. The normalized spacial score (nSPS) is 9.60. The van der Waals surface area contributed by atoms with Crippen molar-refractivity contribution in [3.8, 4) is 6.07 Å². The number of esters is 1. The number of rotatable bonds is 4. The van der Waals surface area contributed by atoms with Crippen LogP contribution in [0.3, 0.4) is 0 Å². The molecule has 0 bridgehead atoms. The van der Waals surface area contributed by atoms with E-state index in [1.807, 2.05) is 24.3 Å². The lowest BCUT2D eigenvalue weighted by molar-refractivity contribution is 0.0600. The van der Waals surface area contributed by atoms with Gasteiger partial charge < -0.3 is 10.1 Å². The molecule has 0 atom stereocenters. The van der Waals surface area contributed by atoms with Crippen molar-refractivity contribution in [2.45, 2.75) is 6.54 Å². The van der Waals surface area contributed by atoms with E-state index in [9.17, 15) is 4.79 Å². The molecule has 0 unspecified atom stereocenters. The highest BCUT2D eigenvalue weighted by Gasteiger charge is 2.04. The van der Waals surface area contributed by atoms with Gasteiger partial charge in [-0.3, -0.25) is 0 Å². The molecule has 0 aliphatic rings. The molecule has 0 radical (unpaired) electrons. The first kappa shape index (κ1) is 13.6. The van der Waals surface area contributed by atoms with Gasteiger partial charge in [0.15, 0.2) is 0 Å². The van der Waals surface area contributed by atoms with Crippen LogP contribution in [0.4, 0.5) is 5.69 Å². The summed E-state index contributed by atoms with van der Waals surface area (Å²) in [6.45, 7) is 0.646. The van der Waals surface area contributed by atoms with Crippen molar-refractivity contribution >= 4 is 11.7 Å². The van der Waals surface area contributed by atoms with Crippen LogP contribution in [0.5, 0.6) is 0 Å². The first-order valence-corrected chi connectivity index (χ1v) is 6.14. The summed E-state index contributed by atoms with van der Waals surface area (Å²) in [6.07, 6.45) is 0. The number of nitrogens with one attached hydrogen (secondary N) is 1. The number of hydrogen-bond donors (Lipinski definition) is 1. The highest BCUT2D eigenvalue weighted by molar-refractivity contribution is 5.89. The van der Waals surface area contributed by atoms with Crippen LogP contribution in [0.2, 0.25) is 0 Å². The van der Waals surface area contributed by atoms with Crippen molar-refractivity contribution in [1.29, 1.82) is 5.26 Å². The second-order valence-corrected chi connectivity index (χ2v) is 4.23. The van der Waals surface area contributed by atoms with Gasteiger partial charge in [-0.1, -0.05) is 12.1 Å². The molecule has 0 saturated heterocycles. The Morgan fingerprint density at radius 3 is 2.35 bits per heavy atom. The molecule has 0 aliphatic carbocycles. The van der Waals surface area contributed by atoms with Gasteiger partial charge in [-0.2, -0.15) is 5.26 Å². The molecular formula is C16H14N2O2. The zero-order valence-corrected chi connectivity index (χ0v) is 11.1. The molecule has 1 N–H and O–H groups in total. The maximum absolute atomic E-state index is 11.3. The molecule has 4 nitrogen and oxygen atoms in total. The third-order valence-electron chi connectivity index (χ3n) is 2.89. The zero-order chi connectivity index (χ0) is 14.4. The summed E-state index contributed by atoms with van der Waals surface area (Å²) in [6, 6.07) is 16.6. The van der Waals surface area contributed by atoms with E-state index in [2.05, 4.69) is 16.1 Å². The van der Waals surface area contributed by atoms with E-state index in [0.29, 0.717) is 17.7 Å². The highest BCUT2D eigenvalue weighted by atomic mass is 16.5. The highest BCUT2D eigenvalue weighted by Crippen LogP contribution is 2.11. The Balaban J connectivity index is 1.96. The van der Waals surface area contributed by atoms with Gasteiger partial charge in [-0.25, -0.2) is 4.79 Å². The first-order valence-electron chi connectivity index (χ1n) is 6.14. The smallest absolute Gasteiger partial charge is 0.337 e. The maximum atomic E-state index is 11.3. The Labute approximate surface area is 117 Å². The Hall–Kier alpha value is -2.80. The van der Waals surface area contributed by atoms with E-state index >= 15 is 0 Å². The lowest BCUT2D eigenvalue weighted by Gasteiger charge is -2.07. The molecule has 0 spiro atoms. The summed E-state index contributed by atoms with van der Waals surface area (Å²) >= 11 is 0. The Morgan fingerprint density at radius 2 is 1.80 bits per heavy atom. The summed E-state index contributed by atoms with van der Waals surface area (Å²) in [5, 5.41) is 12.0. The van der Waals surface area contributed by atoms with Crippen LogP contribution in [-0.2, 0) is 11.3 Å². The van der Waals surface area contributed by atoms with E-state index in [1.165, 1.54) is 7.11 Å². The number of carbonyl (C=O) groups is 1. The minimum Gasteiger partial charge on any atom is -0.465 e. The molecule has 2 aromatic rings. The molecule has 2 rings (SSSR count). The van der Waals surface area contributed by atoms with Gasteiger partial charge in [-0.15, -0.1) is 0 Å². The summed E-state index contributed by atoms with van der Waals surface area (Å²) < 4.78 is 4.65. The van der Waals surface area contributed by atoms with Crippen molar-refractivity contribution in [3.63, 3.8) is 0 Å². The number of nitrogens with zero attached hydrogens (tertiary/aromatic N) is 1. The van der Waals surface area contributed by atoms with Gasteiger partial charge in [-0.05, 0) is 42.0 Å². The predicted octanol–water partition coefficient (Wildman–Crippen LogP) is 2.96. The van der Waals surface area contributed by atoms with Crippen LogP contribution < -0.4 is 5.32 Å². The van der Waals surface area contributed by atoms with E-state index in [0.717, 1.165) is 11.3 Å². The number of hydrogen-bond acceptors (Lipinski definition) is 4. The molecule has 2 aromatic carbocycles. The van der Waals surface area contributed by atoms with Gasteiger partial charge >= 0.3 is 5.97 Å². The molecule has 0 amide bonds. The molecule has 100 valence electrons. The second kappa shape index (κ2) is 6.39. The van der Waals surface area contributed by atoms with Crippen molar-refractivity contribution < 1.29 is 9.53 Å². The fraction of sp³-hybridized carbons (Fsp3) is 0.125. The second-order valence-electron chi connectivity index (χ2n) is 4.23. The quantitative estimate of drug-likeness (QED) is 0.864. The first-order chi connectivity index (χ1) is 9.72. The van der Waals surface area contributed by atoms with Crippen LogP contribution in [0.15, 0.2) is 48.5 Å². The SMILES string of the molecule is COC(=O)c1ccc(CNc2ccc(C#N)cc2)cc1. The van der Waals surface area contributed by atoms with Crippen molar-refractivity contribution in [3.05, 3.63) is 65.2 Å². The van der Waals surface area contributed by atoms with Crippen LogP contribution >= 0.6 is 0 Å². The Morgan fingerprint density at radius 1 is 1.15 bits per heavy atom. The van der Waals surface area contributed by atoms with E-state index in [1.54, 1.807) is 24.3 Å². The standard InChI is InChI=1S/C16H14N2O2/c1-20-16(19)14-6-2-13(3-7-14)11-18-15-8-4-12(10-17)5-9-15/h2-9,18H,11H2,1H3. The molecule has 20 heavy (non-hydrogen) atoms. The van der Waals surface area contributed by atoms with Crippen LogP contribution in [0.1, 0.15) is 21.5 Å². The summed E-state index contributed by atoms with van der Waals surface area (Å²) in [7, 11) is 1.36. The number of carbonyl (C=O) groups excluding carboxylic acids is 1. The van der Waals surface area contributed by atoms with Crippen LogP contribution in [0.25, 0.3) is 0 Å².